The fourth-order valence-corrected chi connectivity index (χ4v) is 2.82. The van der Waals surface area contributed by atoms with E-state index < -0.39 is 0 Å². The van der Waals surface area contributed by atoms with Crippen molar-refractivity contribution in [2.24, 2.45) is 0 Å². The molecule has 18 heavy (non-hydrogen) atoms. The Morgan fingerprint density at radius 2 is 2.11 bits per heavy atom. The van der Waals surface area contributed by atoms with Crippen molar-refractivity contribution in [1.82, 2.24) is 9.80 Å². The van der Waals surface area contributed by atoms with Crippen molar-refractivity contribution < 1.29 is 5.11 Å². The molecule has 0 aromatic heterocycles. The Bertz CT molecular complexity index is 342. The summed E-state index contributed by atoms with van der Waals surface area (Å²) in [6.45, 7) is 7.63. The Morgan fingerprint density at radius 3 is 2.78 bits per heavy atom. The quantitative estimate of drug-likeness (QED) is 0.828. The fourth-order valence-electron chi connectivity index (χ4n) is 2.82. The first-order valence-corrected chi connectivity index (χ1v) is 6.94. The Morgan fingerprint density at radius 1 is 1.33 bits per heavy atom. The predicted octanol–water partition coefficient (Wildman–Crippen LogP) is 1.58. The summed E-state index contributed by atoms with van der Waals surface area (Å²) in [5, 5.41) is 9.07. The maximum Gasteiger partial charge on any atom is 0.0558 e. The second-order valence-electron chi connectivity index (χ2n) is 5.02. The SMILES string of the molecule is CCN(CCO)[C@@H]1CCN(Cc2ccccc2)C1. The zero-order valence-corrected chi connectivity index (χ0v) is 11.3. The van der Waals surface area contributed by atoms with Gasteiger partial charge in [-0.05, 0) is 18.5 Å². The summed E-state index contributed by atoms with van der Waals surface area (Å²) in [5.74, 6) is 0. The molecule has 1 saturated heterocycles. The molecule has 2 rings (SSSR count). The first kappa shape index (κ1) is 13.5. The van der Waals surface area contributed by atoms with Crippen LogP contribution in [0.25, 0.3) is 0 Å². The van der Waals surface area contributed by atoms with Crippen molar-refractivity contribution in [1.29, 1.82) is 0 Å². The molecule has 100 valence electrons. The van der Waals surface area contributed by atoms with Crippen LogP contribution in [0.4, 0.5) is 0 Å². The molecule has 0 radical (unpaired) electrons. The molecule has 0 bridgehead atoms. The minimum Gasteiger partial charge on any atom is -0.395 e. The molecule has 1 fully saturated rings. The summed E-state index contributed by atoms with van der Waals surface area (Å²) in [5.41, 5.74) is 1.39. The summed E-state index contributed by atoms with van der Waals surface area (Å²) in [6.07, 6.45) is 1.22. The third kappa shape index (κ3) is 3.55. The second kappa shape index (κ2) is 6.88. The maximum atomic E-state index is 9.07. The molecular formula is C15H24N2O. The van der Waals surface area contributed by atoms with E-state index in [2.05, 4.69) is 47.1 Å². The molecule has 1 aromatic rings. The highest BCUT2D eigenvalue weighted by molar-refractivity contribution is 5.14. The largest absolute Gasteiger partial charge is 0.395 e. The van der Waals surface area contributed by atoms with E-state index in [1.807, 2.05) is 0 Å². The van der Waals surface area contributed by atoms with Crippen LogP contribution in [0.5, 0.6) is 0 Å². The lowest BCUT2D eigenvalue weighted by atomic mass is 10.2. The number of likely N-dealkylation sites (N-methyl/N-ethyl adjacent to an activating group) is 1. The van der Waals surface area contributed by atoms with Gasteiger partial charge in [-0.1, -0.05) is 37.3 Å². The highest BCUT2D eigenvalue weighted by atomic mass is 16.3. The summed E-state index contributed by atoms with van der Waals surface area (Å²) >= 11 is 0. The van der Waals surface area contributed by atoms with Crippen LogP contribution in [-0.2, 0) is 6.54 Å². The van der Waals surface area contributed by atoms with Gasteiger partial charge in [0.15, 0.2) is 0 Å². The van der Waals surface area contributed by atoms with Gasteiger partial charge in [0.25, 0.3) is 0 Å². The van der Waals surface area contributed by atoms with Crippen molar-refractivity contribution in [2.45, 2.75) is 25.9 Å². The van der Waals surface area contributed by atoms with E-state index in [1.165, 1.54) is 18.5 Å². The maximum absolute atomic E-state index is 9.07. The number of hydrogen-bond donors (Lipinski definition) is 1. The van der Waals surface area contributed by atoms with Gasteiger partial charge in [-0.15, -0.1) is 0 Å². The zero-order chi connectivity index (χ0) is 12.8. The van der Waals surface area contributed by atoms with Gasteiger partial charge >= 0.3 is 0 Å². The van der Waals surface area contributed by atoms with Gasteiger partial charge in [-0.2, -0.15) is 0 Å². The number of nitrogens with zero attached hydrogens (tertiary/aromatic N) is 2. The van der Waals surface area contributed by atoms with Crippen LogP contribution in [-0.4, -0.2) is 53.7 Å². The molecule has 1 heterocycles. The smallest absolute Gasteiger partial charge is 0.0558 e. The molecule has 3 nitrogen and oxygen atoms in total. The highest BCUT2D eigenvalue weighted by Gasteiger charge is 2.26. The lowest BCUT2D eigenvalue weighted by Gasteiger charge is -2.27. The van der Waals surface area contributed by atoms with Crippen LogP contribution in [0.3, 0.4) is 0 Å². The Balaban J connectivity index is 1.84. The Labute approximate surface area is 110 Å². The number of hydrogen-bond acceptors (Lipinski definition) is 3. The van der Waals surface area contributed by atoms with Crippen LogP contribution >= 0.6 is 0 Å². The standard InChI is InChI=1S/C15H24N2O/c1-2-17(10-11-18)15-8-9-16(13-15)12-14-6-4-3-5-7-14/h3-7,15,18H,2,8-13H2,1H3/t15-/m1/s1. The predicted molar refractivity (Wildman–Crippen MR) is 74.5 cm³/mol. The van der Waals surface area contributed by atoms with Crippen LogP contribution in [0.2, 0.25) is 0 Å². The summed E-state index contributed by atoms with van der Waals surface area (Å²) in [7, 11) is 0. The van der Waals surface area contributed by atoms with E-state index in [9.17, 15) is 0 Å². The summed E-state index contributed by atoms with van der Waals surface area (Å²) in [6, 6.07) is 11.3. The molecule has 1 aliphatic rings. The normalized spacial score (nSPS) is 20.7. The van der Waals surface area contributed by atoms with E-state index in [0.29, 0.717) is 6.04 Å². The highest BCUT2D eigenvalue weighted by Crippen LogP contribution is 2.17. The molecule has 0 amide bonds. The van der Waals surface area contributed by atoms with Crippen molar-refractivity contribution in [2.75, 3.05) is 32.8 Å². The molecule has 1 N–H and O–H groups in total. The lowest BCUT2D eigenvalue weighted by molar-refractivity contribution is 0.155. The van der Waals surface area contributed by atoms with E-state index >= 15 is 0 Å². The summed E-state index contributed by atoms with van der Waals surface area (Å²) < 4.78 is 0. The van der Waals surface area contributed by atoms with Crippen LogP contribution in [0, 0.1) is 0 Å². The molecule has 1 aliphatic heterocycles. The molecular weight excluding hydrogens is 224 g/mol. The molecule has 1 atom stereocenters. The van der Waals surface area contributed by atoms with E-state index in [-0.39, 0.29) is 6.61 Å². The zero-order valence-electron chi connectivity index (χ0n) is 11.3. The van der Waals surface area contributed by atoms with Crippen LogP contribution in [0.15, 0.2) is 30.3 Å². The minimum atomic E-state index is 0.267. The fraction of sp³-hybridized carbons (Fsp3) is 0.600. The number of benzene rings is 1. The van der Waals surface area contributed by atoms with Gasteiger partial charge in [0.2, 0.25) is 0 Å². The Hall–Kier alpha value is -0.900. The second-order valence-corrected chi connectivity index (χ2v) is 5.02. The van der Waals surface area contributed by atoms with Crippen molar-refractivity contribution in [3.63, 3.8) is 0 Å². The van der Waals surface area contributed by atoms with Gasteiger partial charge in [0, 0.05) is 32.2 Å². The molecule has 0 unspecified atom stereocenters. The minimum absolute atomic E-state index is 0.267. The van der Waals surface area contributed by atoms with E-state index in [1.54, 1.807) is 0 Å². The topological polar surface area (TPSA) is 26.7 Å². The van der Waals surface area contributed by atoms with Gasteiger partial charge in [-0.3, -0.25) is 9.80 Å². The summed E-state index contributed by atoms with van der Waals surface area (Å²) in [4.78, 5) is 4.91. The number of rotatable bonds is 6. The average molecular weight is 248 g/mol. The monoisotopic (exact) mass is 248 g/mol. The average Bonchev–Trinajstić information content (AvgIpc) is 2.85. The van der Waals surface area contributed by atoms with Crippen LogP contribution in [0.1, 0.15) is 18.9 Å². The van der Waals surface area contributed by atoms with Crippen molar-refractivity contribution in [3.05, 3.63) is 35.9 Å². The molecule has 0 spiro atoms. The third-order valence-electron chi connectivity index (χ3n) is 3.81. The first-order valence-electron chi connectivity index (χ1n) is 6.94. The number of aliphatic hydroxyl groups excluding tert-OH is 1. The van der Waals surface area contributed by atoms with Gasteiger partial charge in [-0.25, -0.2) is 0 Å². The number of likely N-dealkylation sites (tertiary alicyclic amines) is 1. The molecule has 0 saturated carbocycles. The Kier molecular flexibility index (Phi) is 5.17. The van der Waals surface area contributed by atoms with Gasteiger partial charge in [0.05, 0.1) is 6.61 Å². The van der Waals surface area contributed by atoms with Gasteiger partial charge in [0.1, 0.15) is 0 Å². The van der Waals surface area contributed by atoms with Crippen molar-refractivity contribution in [3.8, 4) is 0 Å². The number of aliphatic hydroxyl groups is 1. The van der Waals surface area contributed by atoms with E-state index in [4.69, 9.17) is 5.11 Å². The van der Waals surface area contributed by atoms with Gasteiger partial charge < -0.3 is 5.11 Å². The third-order valence-corrected chi connectivity index (χ3v) is 3.81. The first-order chi connectivity index (χ1) is 8.83. The molecule has 0 aliphatic carbocycles. The van der Waals surface area contributed by atoms with E-state index in [0.717, 1.165) is 26.2 Å². The lowest BCUT2D eigenvalue weighted by Crippen LogP contribution is -2.39. The molecule has 1 aromatic carbocycles. The van der Waals surface area contributed by atoms with Crippen molar-refractivity contribution >= 4 is 0 Å². The van der Waals surface area contributed by atoms with Crippen LogP contribution < -0.4 is 0 Å². The molecule has 3 heteroatoms.